The number of aryl methyl sites for hydroxylation is 1. The van der Waals surface area contributed by atoms with Gasteiger partial charge in [-0.05, 0) is 120 Å². The Balaban J connectivity index is 1.08. The van der Waals surface area contributed by atoms with Gasteiger partial charge >= 0.3 is 5.97 Å². The summed E-state index contributed by atoms with van der Waals surface area (Å²) in [7, 11) is 0. The van der Waals surface area contributed by atoms with Crippen LogP contribution in [0.3, 0.4) is 0 Å². The van der Waals surface area contributed by atoms with Crippen molar-refractivity contribution in [2.24, 2.45) is 5.92 Å². The molecule has 4 atom stereocenters. The van der Waals surface area contributed by atoms with Crippen molar-refractivity contribution in [3.8, 4) is 22.6 Å². The lowest BCUT2D eigenvalue weighted by Crippen LogP contribution is -2.55. The summed E-state index contributed by atoms with van der Waals surface area (Å²) >= 11 is 12.4. The van der Waals surface area contributed by atoms with Gasteiger partial charge < -0.3 is 24.8 Å². The molecule has 1 aromatic heterocycles. The fourth-order valence-corrected chi connectivity index (χ4v) is 8.76. The van der Waals surface area contributed by atoms with Crippen LogP contribution >= 0.6 is 23.2 Å². The summed E-state index contributed by atoms with van der Waals surface area (Å²) in [5.41, 5.74) is 9.66. The molecule has 7 rings (SSSR count). The van der Waals surface area contributed by atoms with E-state index in [2.05, 4.69) is 41.2 Å². The number of carboxylic acid groups (broad SMARTS) is 1. The highest BCUT2D eigenvalue weighted by Crippen LogP contribution is 2.38. The number of nitrogens with zero attached hydrogens (tertiary/aromatic N) is 3. The number of aliphatic carboxylic acids is 1. The summed E-state index contributed by atoms with van der Waals surface area (Å²) in [6, 6.07) is 25.5. The molecule has 324 valence electrons. The molecule has 2 amide bonds. The van der Waals surface area contributed by atoms with Crippen molar-refractivity contribution in [2.75, 3.05) is 13.1 Å². The van der Waals surface area contributed by atoms with Crippen molar-refractivity contribution >= 4 is 41.0 Å². The van der Waals surface area contributed by atoms with Crippen LogP contribution in [-0.4, -0.2) is 62.8 Å². The van der Waals surface area contributed by atoms with Crippen LogP contribution in [0.4, 0.5) is 0 Å². The lowest BCUT2D eigenvalue weighted by atomic mass is 9.90. The van der Waals surface area contributed by atoms with Crippen LogP contribution in [-0.2, 0) is 40.3 Å². The third-order valence-electron chi connectivity index (χ3n) is 12.0. The van der Waals surface area contributed by atoms with Crippen molar-refractivity contribution in [1.82, 2.24) is 20.1 Å². The molecule has 0 bridgehead atoms. The highest BCUT2D eigenvalue weighted by Gasteiger charge is 2.36. The number of ether oxygens (including phenoxy) is 2. The highest BCUT2D eigenvalue weighted by atomic mass is 35.5. The van der Waals surface area contributed by atoms with Gasteiger partial charge in [-0.2, -0.15) is 0 Å². The maximum Gasteiger partial charge on any atom is 0.326 e. The fourth-order valence-electron chi connectivity index (χ4n) is 8.45. The predicted octanol–water partition coefficient (Wildman–Crippen LogP) is 9.88. The van der Waals surface area contributed by atoms with Gasteiger partial charge in [-0.1, -0.05) is 86.4 Å². The molecular formula is C50H54Cl2N4O6. The second kappa shape index (κ2) is 19.3. The molecule has 0 radical (unpaired) electrons. The first-order chi connectivity index (χ1) is 29.7. The quantitative estimate of drug-likeness (QED) is 0.120. The zero-order valence-electron chi connectivity index (χ0n) is 36.1. The van der Waals surface area contributed by atoms with Crippen LogP contribution in [0.15, 0.2) is 91.1 Å². The molecule has 0 fully saturated rings. The number of pyridine rings is 1. The van der Waals surface area contributed by atoms with Crippen molar-refractivity contribution in [1.29, 1.82) is 0 Å². The number of carboxylic acids is 1. The van der Waals surface area contributed by atoms with Crippen molar-refractivity contribution in [2.45, 2.75) is 98.2 Å². The lowest BCUT2D eigenvalue weighted by molar-refractivity contribution is -0.142. The number of aromatic nitrogens is 1. The Morgan fingerprint density at radius 3 is 2.32 bits per heavy atom. The van der Waals surface area contributed by atoms with Crippen molar-refractivity contribution in [3.05, 3.63) is 146 Å². The number of carbonyl (C=O) groups is 3. The Hall–Kier alpha value is -5.42. The summed E-state index contributed by atoms with van der Waals surface area (Å²) in [6.07, 6.45) is 2.39. The average Bonchev–Trinajstić information content (AvgIpc) is 3.43. The zero-order chi connectivity index (χ0) is 44.2. The molecule has 2 aliphatic heterocycles. The van der Waals surface area contributed by atoms with E-state index >= 15 is 0 Å². The molecule has 5 aromatic rings. The summed E-state index contributed by atoms with van der Waals surface area (Å²) in [5.74, 6) is 0.150. The van der Waals surface area contributed by atoms with Crippen LogP contribution < -0.4 is 14.8 Å². The van der Waals surface area contributed by atoms with E-state index in [0.717, 1.165) is 62.2 Å². The number of fused-ring (bicyclic) bond motifs is 2. The third-order valence-corrected chi connectivity index (χ3v) is 12.7. The van der Waals surface area contributed by atoms with Gasteiger partial charge in [0.1, 0.15) is 29.7 Å². The molecule has 2 aliphatic rings. The van der Waals surface area contributed by atoms with Crippen LogP contribution in [0, 0.1) is 19.8 Å². The molecule has 0 saturated carbocycles. The Labute approximate surface area is 374 Å². The zero-order valence-corrected chi connectivity index (χ0v) is 37.6. The van der Waals surface area contributed by atoms with E-state index in [1.54, 1.807) is 24.1 Å². The van der Waals surface area contributed by atoms with E-state index in [4.69, 9.17) is 32.7 Å². The first-order valence-corrected chi connectivity index (χ1v) is 22.0. The molecule has 4 aromatic carbocycles. The number of carbonyl (C=O) groups excluding carboxylic acids is 2. The summed E-state index contributed by atoms with van der Waals surface area (Å²) in [6.45, 7) is 13.7. The normalized spacial score (nSPS) is 17.3. The van der Waals surface area contributed by atoms with Crippen molar-refractivity contribution in [3.63, 3.8) is 0 Å². The van der Waals surface area contributed by atoms with E-state index in [-0.39, 0.29) is 30.3 Å². The standard InChI is InChI=1S/C50H54Cl2N4O6/c1-7-46(36-14-17-42(51)43(52)22-36)61-40-15-12-35(13-16-40)48-28-55(32(6)57)27-39-21-37-23-45(56(25-29(2)3)26-38(37)24-47(39)62-48)49(58)54-44(50(59)60)20-33-8-10-34(11-9-33)41-18-19-53-31(5)30(41)4/h8-19,21-22,24,29,44-46,48H,7,20,23,25-28H2,1-6H3,(H,54,58)(H,59,60)/t44-,45-,46+,48+/m0/s1. The summed E-state index contributed by atoms with van der Waals surface area (Å²) < 4.78 is 13.1. The summed E-state index contributed by atoms with van der Waals surface area (Å²) in [5, 5.41) is 14.2. The van der Waals surface area contributed by atoms with E-state index in [1.807, 2.05) is 87.5 Å². The third kappa shape index (κ3) is 10.3. The molecule has 12 heteroatoms. The van der Waals surface area contributed by atoms with E-state index in [0.29, 0.717) is 54.1 Å². The molecule has 3 heterocycles. The molecule has 0 saturated heterocycles. The number of hydrogen-bond donors (Lipinski definition) is 2. The largest absolute Gasteiger partial charge is 0.486 e. The van der Waals surface area contributed by atoms with E-state index in [1.165, 1.54) is 0 Å². The number of halogens is 2. The monoisotopic (exact) mass is 876 g/mol. The van der Waals surface area contributed by atoms with Crippen LogP contribution in [0.5, 0.6) is 11.5 Å². The van der Waals surface area contributed by atoms with Crippen LogP contribution in [0.2, 0.25) is 10.0 Å². The van der Waals surface area contributed by atoms with Crippen LogP contribution in [0.25, 0.3) is 11.1 Å². The van der Waals surface area contributed by atoms with E-state index < -0.39 is 24.2 Å². The molecule has 0 aliphatic carbocycles. The molecular weight excluding hydrogens is 823 g/mol. The fraction of sp³-hybridized carbons (Fsp3) is 0.360. The van der Waals surface area contributed by atoms with Gasteiger partial charge in [0.15, 0.2) is 0 Å². The maximum absolute atomic E-state index is 14.2. The minimum absolute atomic E-state index is 0.0752. The predicted molar refractivity (Wildman–Crippen MR) is 243 cm³/mol. The molecule has 0 unspecified atom stereocenters. The number of rotatable bonds is 13. The molecule has 62 heavy (non-hydrogen) atoms. The minimum Gasteiger partial charge on any atom is -0.486 e. The number of nitrogens with one attached hydrogen (secondary N) is 1. The van der Waals surface area contributed by atoms with Gasteiger partial charge in [0.2, 0.25) is 11.8 Å². The first kappa shape index (κ1) is 44.6. The Morgan fingerprint density at radius 1 is 0.919 bits per heavy atom. The number of benzene rings is 4. The maximum atomic E-state index is 14.2. The topological polar surface area (TPSA) is 121 Å². The smallest absolute Gasteiger partial charge is 0.326 e. The van der Waals surface area contributed by atoms with Gasteiger partial charge in [-0.15, -0.1) is 0 Å². The Morgan fingerprint density at radius 2 is 1.66 bits per heavy atom. The van der Waals surface area contributed by atoms with Gasteiger partial charge in [-0.3, -0.25) is 19.5 Å². The minimum atomic E-state index is -1.11. The van der Waals surface area contributed by atoms with Gasteiger partial charge in [-0.25, -0.2) is 4.79 Å². The number of amides is 2. The highest BCUT2D eigenvalue weighted by molar-refractivity contribution is 6.42. The SMILES string of the molecule is CC[C@@H](Oc1ccc([C@H]2CN(C(C)=O)Cc3cc4c(cc3O2)CN(CC(C)C)[C@H](C(=O)N[C@@H](Cc2ccc(-c3ccnc(C)c3C)cc2)C(=O)O)C4)cc1)c1ccc(Cl)c(Cl)c1. The molecule has 2 N–H and O–H groups in total. The number of hydrogen-bond acceptors (Lipinski definition) is 7. The molecule has 10 nitrogen and oxygen atoms in total. The average molecular weight is 878 g/mol. The second-order valence-corrected chi connectivity index (χ2v) is 17.7. The van der Waals surface area contributed by atoms with Gasteiger partial charge in [0.25, 0.3) is 0 Å². The van der Waals surface area contributed by atoms with Crippen LogP contribution in [0.1, 0.15) is 91.0 Å². The van der Waals surface area contributed by atoms with E-state index in [9.17, 15) is 19.5 Å². The van der Waals surface area contributed by atoms with Gasteiger partial charge in [0, 0.05) is 50.4 Å². The Kier molecular flexibility index (Phi) is 13.9. The second-order valence-electron chi connectivity index (χ2n) is 16.9. The summed E-state index contributed by atoms with van der Waals surface area (Å²) in [4.78, 5) is 48.1. The Bertz CT molecular complexity index is 2440. The van der Waals surface area contributed by atoms with Crippen molar-refractivity contribution < 1.29 is 29.0 Å². The molecule has 0 spiro atoms. The lowest BCUT2D eigenvalue weighted by Gasteiger charge is -2.38. The van der Waals surface area contributed by atoms with Gasteiger partial charge in [0.05, 0.1) is 22.6 Å². The first-order valence-electron chi connectivity index (χ1n) is 21.2.